The van der Waals surface area contributed by atoms with Crippen LogP contribution < -0.4 is 10.7 Å². The van der Waals surface area contributed by atoms with Crippen molar-refractivity contribution in [3.05, 3.63) is 48.6 Å². The number of rotatable bonds is 8. The van der Waals surface area contributed by atoms with Gasteiger partial charge in [-0.3, -0.25) is 10.2 Å². The Morgan fingerprint density at radius 2 is 2.00 bits per heavy atom. The van der Waals surface area contributed by atoms with Gasteiger partial charge in [0.2, 0.25) is 0 Å². The Kier molecular flexibility index (Phi) is 7.12. The second-order valence-corrected chi connectivity index (χ2v) is 4.92. The van der Waals surface area contributed by atoms with Gasteiger partial charge in [-0.1, -0.05) is 43.3 Å². The van der Waals surface area contributed by atoms with Gasteiger partial charge < -0.3 is 10.4 Å². The zero-order chi connectivity index (χ0) is 16.5. The van der Waals surface area contributed by atoms with E-state index in [9.17, 15) is 14.7 Å². The summed E-state index contributed by atoms with van der Waals surface area (Å²) in [5.74, 6) is -0.985. The van der Waals surface area contributed by atoms with Crippen molar-refractivity contribution in [2.45, 2.75) is 32.4 Å². The molecule has 2 atom stereocenters. The summed E-state index contributed by atoms with van der Waals surface area (Å²) >= 11 is 0. The molecule has 0 fully saturated rings. The van der Waals surface area contributed by atoms with Crippen molar-refractivity contribution in [2.75, 3.05) is 6.54 Å². The number of nitrogens with zero attached hydrogens (tertiary/aromatic N) is 1. The van der Waals surface area contributed by atoms with E-state index in [0.717, 1.165) is 5.56 Å². The van der Waals surface area contributed by atoms with Gasteiger partial charge in [0.05, 0.1) is 6.04 Å². The van der Waals surface area contributed by atoms with Gasteiger partial charge in [-0.2, -0.15) is 0 Å². The normalized spacial score (nSPS) is 13.2. The average molecular weight is 305 g/mol. The molecule has 0 saturated heterocycles. The van der Waals surface area contributed by atoms with Gasteiger partial charge in [0.25, 0.3) is 0 Å². The standard InChI is InChI=1S/C16H23N3O3/c1-4-11-19(14(5-2)15(20)21)18-16(22)17-12(3)13-9-7-6-8-10-13/h4,6-10,12,14H,1,5,11H2,2-3H3,(H,20,21)(H2,17,18,22)/t12?,14-/m0/s1. The van der Waals surface area contributed by atoms with Crippen molar-refractivity contribution in [3.63, 3.8) is 0 Å². The number of urea groups is 1. The first-order valence-electron chi connectivity index (χ1n) is 7.22. The van der Waals surface area contributed by atoms with Gasteiger partial charge in [-0.25, -0.2) is 9.80 Å². The van der Waals surface area contributed by atoms with Crippen LogP contribution in [-0.4, -0.2) is 34.7 Å². The number of hydrogen-bond donors (Lipinski definition) is 3. The molecule has 0 aromatic heterocycles. The lowest BCUT2D eigenvalue weighted by Crippen LogP contribution is -2.54. The molecule has 120 valence electrons. The third kappa shape index (κ3) is 5.21. The summed E-state index contributed by atoms with van der Waals surface area (Å²) in [5.41, 5.74) is 3.55. The number of aliphatic carboxylic acids is 1. The maximum Gasteiger partial charge on any atom is 0.329 e. The van der Waals surface area contributed by atoms with Gasteiger partial charge in [-0.05, 0) is 18.9 Å². The highest BCUT2D eigenvalue weighted by molar-refractivity contribution is 5.76. The van der Waals surface area contributed by atoms with E-state index >= 15 is 0 Å². The molecule has 0 radical (unpaired) electrons. The van der Waals surface area contributed by atoms with E-state index in [1.165, 1.54) is 5.01 Å². The second kappa shape index (κ2) is 8.84. The summed E-state index contributed by atoms with van der Waals surface area (Å²) in [6.45, 7) is 7.45. The molecule has 1 unspecified atom stereocenters. The fourth-order valence-corrected chi connectivity index (χ4v) is 2.10. The number of benzene rings is 1. The van der Waals surface area contributed by atoms with Gasteiger partial charge >= 0.3 is 12.0 Å². The Balaban J connectivity index is 2.67. The lowest BCUT2D eigenvalue weighted by atomic mass is 10.1. The first-order chi connectivity index (χ1) is 10.5. The minimum atomic E-state index is -0.985. The average Bonchev–Trinajstić information content (AvgIpc) is 2.48. The van der Waals surface area contributed by atoms with E-state index in [-0.39, 0.29) is 12.6 Å². The SMILES string of the molecule is C=CCN(NC(=O)NC(C)c1ccccc1)[C@@H](CC)C(=O)O. The molecular weight excluding hydrogens is 282 g/mol. The number of hydrogen-bond acceptors (Lipinski definition) is 3. The summed E-state index contributed by atoms with van der Waals surface area (Å²) in [6.07, 6.45) is 1.92. The maximum atomic E-state index is 12.1. The van der Waals surface area contributed by atoms with E-state index in [2.05, 4.69) is 17.3 Å². The molecule has 6 nitrogen and oxygen atoms in total. The van der Waals surface area contributed by atoms with Crippen LogP contribution in [0.25, 0.3) is 0 Å². The van der Waals surface area contributed by atoms with Crippen LogP contribution in [0.4, 0.5) is 4.79 Å². The summed E-state index contributed by atoms with van der Waals surface area (Å²) in [7, 11) is 0. The van der Waals surface area contributed by atoms with Gasteiger partial charge in [0.15, 0.2) is 0 Å². The van der Waals surface area contributed by atoms with Crippen LogP contribution in [0.3, 0.4) is 0 Å². The fourth-order valence-electron chi connectivity index (χ4n) is 2.10. The van der Waals surface area contributed by atoms with E-state index in [0.29, 0.717) is 6.42 Å². The van der Waals surface area contributed by atoms with E-state index < -0.39 is 18.0 Å². The molecular formula is C16H23N3O3. The first kappa shape index (κ1) is 17.7. The highest BCUT2D eigenvalue weighted by atomic mass is 16.4. The molecule has 0 aliphatic heterocycles. The monoisotopic (exact) mass is 305 g/mol. The molecule has 0 bridgehead atoms. The van der Waals surface area contributed by atoms with Crippen LogP contribution in [0, 0.1) is 0 Å². The van der Waals surface area contributed by atoms with Crippen LogP contribution in [0.15, 0.2) is 43.0 Å². The molecule has 0 heterocycles. The first-order valence-corrected chi connectivity index (χ1v) is 7.22. The van der Waals surface area contributed by atoms with Crippen molar-refractivity contribution in [1.29, 1.82) is 0 Å². The van der Waals surface area contributed by atoms with Crippen LogP contribution in [-0.2, 0) is 4.79 Å². The number of carboxylic acids is 1. The van der Waals surface area contributed by atoms with Gasteiger partial charge in [0, 0.05) is 6.54 Å². The summed E-state index contributed by atoms with van der Waals surface area (Å²) in [6, 6.07) is 8.10. The minimum Gasteiger partial charge on any atom is -0.480 e. The number of carboxylic acid groups (broad SMARTS) is 1. The molecule has 2 amide bonds. The van der Waals surface area contributed by atoms with Crippen LogP contribution in [0.5, 0.6) is 0 Å². The number of carbonyl (C=O) groups is 2. The topological polar surface area (TPSA) is 81.7 Å². The summed E-state index contributed by atoms with van der Waals surface area (Å²) in [4.78, 5) is 23.3. The number of nitrogens with one attached hydrogen (secondary N) is 2. The van der Waals surface area contributed by atoms with Crippen LogP contribution in [0.2, 0.25) is 0 Å². The zero-order valence-corrected chi connectivity index (χ0v) is 13.0. The van der Waals surface area contributed by atoms with Gasteiger partial charge in [-0.15, -0.1) is 6.58 Å². The lowest BCUT2D eigenvalue weighted by molar-refractivity contribution is -0.144. The molecule has 6 heteroatoms. The molecule has 0 aliphatic carbocycles. The minimum absolute atomic E-state index is 0.184. The molecule has 0 aliphatic rings. The van der Waals surface area contributed by atoms with Crippen molar-refractivity contribution in [2.24, 2.45) is 0 Å². The Morgan fingerprint density at radius 3 is 2.50 bits per heavy atom. The van der Waals surface area contributed by atoms with E-state index in [4.69, 9.17) is 0 Å². The second-order valence-electron chi connectivity index (χ2n) is 4.92. The number of carbonyl (C=O) groups excluding carboxylic acids is 1. The highest BCUT2D eigenvalue weighted by Crippen LogP contribution is 2.11. The molecule has 0 spiro atoms. The number of hydrazine groups is 1. The predicted molar refractivity (Wildman–Crippen MR) is 85.1 cm³/mol. The Bertz CT molecular complexity index is 505. The Morgan fingerprint density at radius 1 is 1.36 bits per heavy atom. The number of amides is 2. The van der Waals surface area contributed by atoms with Crippen molar-refractivity contribution < 1.29 is 14.7 Å². The molecule has 1 aromatic carbocycles. The predicted octanol–water partition coefficient (Wildman–Crippen LogP) is 2.31. The maximum absolute atomic E-state index is 12.1. The highest BCUT2D eigenvalue weighted by Gasteiger charge is 2.24. The van der Waals surface area contributed by atoms with Crippen LogP contribution >= 0.6 is 0 Å². The zero-order valence-electron chi connectivity index (χ0n) is 13.0. The van der Waals surface area contributed by atoms with E-state index in [1.54, 1.807) is 13.0 Å². The van der Waals surface area contributed by atoms with Crippen LogP contribution in [0.1, 0.15) is 31.9 Å². The summed E-state index contributed by atoms with van der Waals surface area (Å²) < 4.78 is 0. The molecule has 1 aromatic rings. The van der Waals surface area contributed by atoms with Crippen molar-refractivity contribution in [3.8, 4) is 0 Å². The lowest BCUT2D eigenvalue weighted by Gasteiger charge is -2.28. The molecule has 22 heavy (non-hydrogen) atoms. The van der Waals surface area contributed by atoms with Gasteiger partial charge in [0.1, 0.15) is 6.04 Å². The third-order valence-corrected chi connectivity index (χ3v) is 3.27. The molecule has 1 rings (SSSR count). The summed E-state index contributed by atoms with van der Waals surface area (Å²) in [5, 5.41) is 13.3. The largest absolute Gasteiger partial charge is 0.480 e. The van der Waals surface area contributed by atoms with Crippen molar-refractivity contribution >= 4 is 12.0 Å². The third-order valence-electron chi connectivity index (χ3n) is 3.27. The molecule has 3 N–H and O–H groups in total. The Labute approximate surface area is 130 Å². The molecule has 0 saturated carbocycles. The fraction of sp³-hybridized carbons (Fsp3) is 0.375. The van der Waals surface area contributed by atoms with Crippen molar-refractivity contribution in [1.82, 2.24) is 15.8 Å². The Hall–Kier alpha value is -2.34. The smallest absolute Gasteiger partial charge is 0.329 e. The quantitative estimate of drug-likeness (QED) is 0.508. The van der Waals surface area contributed by atoms with E-state index in [1.807, 2.05) is 37.3 Å².